The van der Waals surface area contributed by atoms with Crippen LogP contribution in [0, 0.1) is 0 Å². The quantitative estimate of drug-likeness (QED) is 0.801. The third-order valence-electron chi connectivity index (χ3n) is 3.46. The van der Waals surface area contributed by atoms with Gasteiger partial charge in [0.05, 0.1) is 17.0 Å². The number of aryl methyl sites for hydroxylation is 1. The van der Waals surface area contributed by atoms with E-state index in [4.69, 9.17) is 4.74 Å². The van der Waals surface area contributed by atoms with E-state index >= 15 is 0 Å². The SMILES string of the molecule is CC(C)Oc1nn(C)c2ccc(NC(=O)c3ccccc3)cc12. The minimum atomic E-state index is -0.139. The van der Waals surface area contributed by atoms with Gasteiger partial charge in [0.15, 0.2) is 0 Å². The average molecular weight is 309 g/mol. The molecule has 2 aromatic carbocycles. The normalized spacial score (nSPS) is 11.0. The third-order valence-corrected chi connectivity index (χ3v) is 3.46. The number of rotatable bonds is 4. The lowest BCUT2D eigenvalue weighted by molar-refractivity contribution is 0.102. The molecule has 3 rings (SSSR count). The number of carbonyl (C=O) groups is 1. The lowest BCUT2D eigenvalue weighted by Gasteiger charge is -2.08. The standard InChI is InChI=1S/C18H19N3O2/c1-12(2)23-18-15-11-14(9-10-16(15)21(3)20-18)19-17(22)13-7-5-4-6-8-13/h4-12H,1-3H3,(H,19,22). The van der Waals surface area contributed by atoms with Crippen LogP contribution in [0.25, 0.3) is 10.9 Å². The molecule has 0 aliphatic carbocycles. The number of aromatic nitrogens is 2. The third kappa shape index (κ3) is 3.18. The zero-order valence-corrected chi connectivity index (χ0v) is 13.4. The number of amides is 1. The molecular weight excluding hydrogens is 290 g/mol. The molecule has 1 heterocycles. The van der Waals surface area contributed by atoms with Gasteiger partial charge in [-0.05, 0) is 44.2 Å². The van der Waals surface area contributed by atoms with Crippen molar-refractivity contribution in [2.45, 2.75) is 20.0 Å². The Morgan fingerprint density at radius 1 is 1.17 bits per heavy atom. The van der Waals surface area contributed by atoms with Crippen LogP contribution in [0.5, 0.6) is 5.88 Å². The molecule has 0 saturated carbocycles. The molecule has 3 aromatic rings. The van der Waals surface area contributed by atoms with Gasteiger partial charge in [-0.1, -0.05) is 18.2 Å². The molecule has 0 aliphatic rings. The van der Waals surface area contributed by atoms with E-state index in [0.29, 0.717) is 17.1 Å². The summed E-state index contributed by atoms with van der Waals surface area (Å²) in [5, 5.41) is 8.18. The highest BCUT2D eigenvalue weighted by Gasteiger charge is 2.13. The van der Waals surface area contributed by atoms with Crippen molar-refractivity contribution in [2.75, 3.05) is 5.32 Å². The molecule has 0 unspecified atom stereocenters. The molecule has 0 aliphatic heterocycles. The summed E-state index contributed by atoms with van der Waals surface area (Å²) >= 11 is 0. The van der Waals surface area contributed by atoms with Crippen molar-refractivity contribution in [1.82, 2.24) is 9.78 Å². The highest BCUT2D eigenvalue weighted by Crippen LogP contribution is 2.28. The fourth-order valence-corrected chi connectivity index (χ4v) is 2.41. The van der Waals surface area contributed by atoms with E-state index in [1.54, 1.807) is 16.8 Å². The number of anilines is 1. The van der Waals surface area contributed by atoms with E-state index in [0.717, 1.165) is 10.9 Å². The molecule has 0 fully saturated rings. The molecule has 5 nitrogen and oxygen atoms in total. The van der Waals surface area contributed by atoms with Crippen molar-refractivity contribution in [3.8, 4) is 5.88 Å². The van der Waals surface area contributed by atoms with Crippen molar-refractivity contribution < 1.29 is 9.53 Å². The van der Waals surface area contributed by atoms with Crippen molar-refractivity contribution in [1.29, 1.82) is 0 Å². The van der Waals surface area contributed by atoms with Crippen LogP contribution in [0.1, 0.15) is 24.2 Å². The Balaban J connectivity index is 1.91. The van der Waals surface area contributed by atoms with Crippen molar-refractivity contribution in [3.63, 3.8) is 0 Å². The molecular formula is C18H19N3O2. The second-order valence-corrected chi connectivity index (χ2v) is 5.65. The Kier molecular flexibility index (Phi) is 4.02. The number of nitrogens with zero attached hydrogens (tertiary/aromatic N) is 2. The Bertz CT molecular complexity index is 838. The maximum Gasteiger partial charge on any atom is 0.255 e. The van der Waals surface area contributed by atoms with Crippen LogP contribution < -0.4 is 10.1 Å². The largest absolute Gasteiger partial charge is 0.473 e. The van der Waals surface area contributed by atoms with Crippen LogP contribution in [-0.4, -0.2) is 21.8 Å². The van der Waals surface area contributed by atoms with E-state index in [1.807, 2.05) is 57.3 Å². The molecule has 23 heavy (non-hydrogen) atoms. The summed E-state index contributed by atoms with van der Waals surface area (Å²) in [7, 11) is 1.87. The number of nitrogens with one attached hydrogen (secondary N) is 1. The number of fused-ring (bicyclic) bond motifs is 1. The molecule has 1 aromatic heterocycles. The molecule has 1 amide bonds. The molecule has 0 bridgehead atoms. The van der Waals surface area contributed by atoms with Crippen LogP contribution in [0.2, 0.25) is 0 Å². The van der Waals surface area contributed by atoms with E-state index in [1.165, 1.54) is 0 Å². The molecule has 0 spiro atoms. The summed E-state index contributed by atoms with van der Waals surface area (Å²) in [6.07, 6.45) is 0.0377. The maximum absolute atomic E-state index is 12.3. The summed E-state index contributed by atoms with van der Waals surface area (Å²) < 4.78 is 7.52. The maximum atomic E-state index is 12.3. The van der Waals surface area contributed by atoms with Crippen molar-refractivity contribution >= 4 is 22.5 Å². The molecule has 0 atom stereocenters. The predicted octanol–water partition coefficient (Wildman–Crippen LogP) is 3.61. The van der Waals surface area contributed by atoms with Gasteiger partial charge in [0.2, 0.25) is 5.88 Å². The lowest BCUT2D eigenvalue weighted by Crippen LogP contribution is -2.11. The van der Waals surface area contributed by atoms with Crippen LogP contribution in [-0.2, 0) is 7.05 Å². The van der Waals surface area contributed by atoms with Gasteiger partial charge in [-0.15, -0.1) is 5.10 Å². The van der Waals surface area contributed by atoms with Crippen LogP contribution in [0.4, 0.5) is 5.69 Å². The summed E-state index contributed by atoms with van der Waals surface area (Å²) in [6.45, 7) is 3.92. The Labute approximate surface area is 134 Å². The topological polar surface area (TPSA) is 56.1 Å². The monoisotopic (exact) mass is 309 g/mol. The molecule has 1 N–H and O–H groups in total. The van der Waals surface area contributed by atoms with E-state index < -0.39 is 0 Å². The number of benzene rings is 2. The lowest BCUT2D eigenvalue weighted by atomic mass is 10.2. The van der Waals surface area contributed by atoms with Gasteiger partial charge < -0.3 is 10.1 Å². The van der Waals surface area contributed by atoms with Crippen molar-refractivity contribution in [2.24, 2.45) is 7.05 Å². The van der Waals surface area contributed by atoms with Crippen LogP contribution in [0.3, 0.4) is 0 Å². The number of hydrogen-bond acceptors (Lipinski definition) is 3. The summed E-state index contributed by atoms with van der Waals surface area (Å²) in [5.41, 5.74) is 2.30. The fourth-order valence-electron chi connectivity index (χ4n) is 2.41. The van der Waals surface area contributed by atoms with E-state index in [9.17, 15) is 4.79 Å². The van der Waals surface area contributed by atoms with Crippen molar-refractivity contribution in [3.05, 3.63) is 54.1 Å². The number of ether oxygens (including phenoxy) is 1. The molecule has 0 saturated heterocycles. The zero-order chi connectivity index (χ0) is 16.4. The first-order valence-electron chi connectivity index (χ1n) is 7.54. The highest BCUT2D eigenvalue weighted by atomic mass is 16.5. The fraction of sp³-hybridized carbons (Fsp3) is 0.222. The summed E-state index contributed by atoms with van der Waals surface area (Å²) in [4.78, 5) is 12.3. The number of hydrogen-bond donors (Lipinski definition) is 1. The first-order chi connectivity index (χ1) is 11.0. The number of carbonyl (C=O) groups excluding carboxylic acids is 1. The van der Waals surface area contributed by atoms with Gasteiger partial charge in [0.25, 0.3) is 5.91 Å². The van der Waals surface area contributed by atoms with Gasteiger partial charge in [-0.3, -0.25) is 9.48 Å². The first kappa shape index (κ1) is 15.1. The summed E-state index contributed by atoms with van der Waals surface area (Å²) in [6, 6.07) is 14.8. The zero-order valence-electron chi connectivity index (χ0n) is 13.4. The van der Waals surface area contributed by atoms with E-state index in [-0.39, 0.29) is 12.0 Å². The minimum Gasteiger partial charge on any atom is -0.473 e. The van der Waals surface area contributed by atoms with Gasteiger partial charge in [0, 0.05) is 18.3 Å². The van der Waals surface area contributed by atoms with Gasteiger partial charge in [0.1, 0.15) is 0 Å². The van der Waals surface area contributed by atoms with Crippen LogP contribution in [0.15, 0.2) is 48.5 Å². The van der Waals surface area contributed by atoms with Gasteiger partial charge in [-0.25, -0.2) is 0 Å². The minimum absolute atomic E-state index is 0.0377. The Morgan fingerprint density at radius 3 is 2.61 bits per heavy atom. The van der Waals surface area contributed by atoms with E-state index in [2.05, 4.69) is 10.4 Å². The second kappa shape index (κ2) is 6.12. The smallest absolute Gasteiger partial charge is 0.255 e. The molecule has 118 valence electrons. The Morgan fingerprint density at radius 2 is 1.91 bits per heavy atom. The summed E-state index contributed by atoms with van der Waals surface area (Å²) in [5.74, 6) is 0.438. The average Bonchev–Trinajstić information content (AvgIpc) is 2.83. The van der Waals surface area contributed by atoms with Gasteiger partial charge >= 0.3 is 0 Å². The Hall–Kier alpha value is -2.82. The predicted molar refractivity (Wildman–Crippen MR) is 90.9 cm³/mol. The second-order valence-electron chi connectivity index (χ2n) is 5.65. The molecule has 5 heteroatoms. The molecule has 0 radical (unpaired) electrons. The first-order valence-corrected chi connectivity index (χ1v) is 7.54. The van der Waals surface area contributed by atoms with Gasteiger partial charge in [-0.2, -0.15) is 0 Å². The highest BCUT2D eigenvalue weighted by molar-refractivity contribution is 6.05. The van der Waals surface area contributed by atoms with Crippen LogP contribution >= 0.6 is 0 Å².